The van der Waals surface area contributed by atoms with Gasteiger partial charge in [0.15, 0.2) is 6.61 Å². The largest absolute Gasteiger partial charge is 0.452 e. The maximum atomic E-state index is 11.9. The average molecular weight is 354 g/mol. The molecule has 0 aliphatic carbocycles. The summed E-state index contributed by atoms with van der Waals surface area (Å²) in [4.78, 5) is 46.0. The summed E-state index contributed by atoms with van der Waals surface area (Å²) in [5.74, 6) is -1.49. The van der Waals surface area contributed by atoms with Gasteiger partial charge in [-0.25, -0.2) is 9.59 Å². The summed E-state index contributed by atoms with van der Waals surface area (Å²) in [5.41, 5.74) is 3.09. The molecule has 7 nitrogen and oxygen atoms in total. The van der Waals surface area contributed by atoms with Crippen LogP contribution in [-0.4, -0.2) is 30.8 Å². The van der Waals surface area contributed by atoms with Crippen molar-refractivity contribution in [3.05, 3.63) is 64.7 Å². The maximum Gasteiger partial charge on any atom is 0.338 e. The standard InChI is InChI=1S/C19H18N2O5/c1-12-4-3-5-16(13(12)2)20-19(25)21-17(23)11-26-18(24)15-8-6-14(10-22)7-9-15/h3-10H,11H2,1-2H3,(H2,20,21,23,25). The molecule has 3 amide bonds. The number of benzene rings is 2. The van der Waals surface area contributed by atoms with E-state index in [1.807, 2.05) is 19.9 Å². The van der Waals surface area contributed by atoms with Crippen LogP contribution in [0.15, 0.2) is 42.5 Å². The number of aryl methyl sites for hydroxylation is 1. The molecule has 0 radical (unpaired) electrons. The lowest BCUT2D eigenvalue weighted by Crippen LogP contribution is -2.37. The second-order valence-corrected chi connectivity index (χ2v) is 5.57. The highest BCUT2D eigenvalue weighted by Gasteiger charge is 2.13. The van der Waals surface area contributed by atoms with Crippen LogP contribution in [0.2, 0.25) is 0 Å². The Morgan fingerprint density at radius 3 is 2.38 bits per heavy atom. The van der Waals surface area contributed by atoms with Crippen molar-refractivity contribution in [2.24, 2.45) is 0 Å². The Kier molecular flexibility index (Phi) is 6.21. The van der Waals surface area contributed by atoms with Crippen molar-refractivity contribution in [2.75, 3.05) is 11.9 Å². The van der Waals surface area contributed by atoms with Crippen LogP contribution < -0.4 is 10.6 Å². The number of hydrogen-bond donors (Lipinski definition) is 2. The Morgan fingerprint density at radius 1 is 1.04 bits per heavy atom. The second-order valence-electron chi connectivity index (χ2n) is 5.57. The van der Waals surface area contributed by atoms with E-state index in [9.17, 15) is 19.2 Å². The van der Waals surface area contributed by atoms with E-state index >= 15 is 0 Å². The summed E-state index contributed by atoms with van der Waals surface area (Å²) < 4.78 is 4.84. The van der Waals surface area contributed by atoms with Crippen molar-refractivity contribution < 1.29 is 23.9 Å². The third-order valence-corrected chi connectivity index (χ3v) is 3.72. The summed E-state index contributed by atoms with van der Waals surface area (Å²) in [5, 5.41) is 4.66. The fourth-order valence-corrected chi connectivity index (χ4v) is 2.11. The van der Waals surface area contributed by atoms with Gasteiger partial charge in [0.05, 0.1) is 5.56 Å². The van der Waals surface area contributed by atoms with Gasteiger partial charge >= 0.3 is 12.0 Å². The van der Waals surface area contributed by atoms with Gasteiger partial charge in [0, 0.05) is 11.3 Å². The van der Waals surface area contributed by atoms with Crippen molar-refractivity contribution in [3.63, 3.8) is 0 Å². The molecule has 2 rings (SSSR count). The lowest BCUT2D eigenvalue weighted by atomic mass is 10.1. The first kappa shape index (κ1) is 18.9. The van der Waals surface area contributed by atoms with E-state index in [0.29, 0.717) is 17.5 Å². The Hall–Kier alpha value is -3.48. The van der Waals surface area contributed by atoms with Crippen LogP contribution in [0.25, 0.3) is 0 Å². The predicted octanol–water partition coefficient (Wildman–Crippen LogP) is 2.62. The molecule has 0 spiro atoms. The monoisotopic (exact) mass is 354 g/mol. The molecule has 2 aromatic rings. The smallest absolute Gasteiger partial charge is 0.338 e. The highest BCUT2D eigenvalue weighted by molar-refractivity contribution is 6.02. The van der Waals surface area contributed by atoms with Crippen LogP contribution in [-0.2, 0) is 9.53 Å². The molecule has 7 heteroatoms. The molecule has 0 aliphatic rings. The lowest BCUT2D eigenvalue weighted by Gasteiger charge is -2.11. The highest BCUT2D eigenvalue weighted by Crippen LogP contribution is 2.17. The van der Waals surface area contributed by atoms with Crippen LogP contribution in [0.5, 0.6) is 0 Å². The molecule has 0 saturated carbocycles. The number of esters is 1. The molecule has 0 fully saturated rings. The van der Waals surface area contributed by atoms with Gasteiger partial charge in [0.2, 0.25) is 0 Å². The van der Waals surface area contributed by atoms with E-state index in [2.05, 4.69) is 10.6 Å². The topological polar surface area (TPSA) is 102 Å². The summed E-state index contributed by atoms with van der Waals surface area (Å²) >= 11 is 0. The first-order valence-corrected chi connectivity index (χ1v) is 7.80. The fourth-order valence-electron chi connectivity index (χ4n) is 2.11. The van der Waals surface area contributed by atoms with Crippen molar-refractivity contribution >= 4 is 29.9 Å². The van der Waals surface area contributed by atoms with Gasteiger partial charge in [-0.3, -0.25) is 14.9 Å². The quantitative estimate of drug-likeness (QED) is 0.635. The summed E-state index contributed by atoms with van der Waals surface area (Å²) in [7, 11) is 0. The van der Waals surface area contributed by atoms with Gasteiger partial charge in [0.25, 0.3) is 5.91 Å². The molecule has 2 aromatic carbocycles. The number of imide groups is 1. The number of aldehydes is 1. The number of rotatable bonds is 5. The number of carbonyl (C=O) groups is 4. The number of ether oxygens (including phenoxy) is 1. The first-order chi connectivity index (χ1) is 12.4. The molecule has 0 aliphatic heterocycles. The molecule has 0 atom stereocenters. The Bertz CT molecular complexity index is 844. The zero-order valence-corrected chi connectivity index (χ0v) is 14.4. The molecule has 26 heavy (non-hydrogen) atoms. The fraction of sp³-hybridized carbons (Fsp3) is 0.158. The molecule has 2 N–H and O–H groups in total. The molecule has 0 aromatic heterocycles. The normalized spacial score (nSPS) is 9.92. The van der Waals surface area contributed by atoms with Crippen molar-refractivity contribution in [1.82, 2.24) is 5.32 Å². The van der Waals surface area contributed by atoms with Crippen LogP contribution in [0, 0.1) is 13.8 Å². The average Bonchev–Trinajstić information content (AvgIpc) is 2.63. The molecular formula is C19H18N2O5. The number of urea groups is 1. The molecular weight excluding hydrogens is 336 g/mol. The zero-order valence-electron chi connectivity index (χ0n) is 14.4. The van der Waals surface area contributed by atoms with Crippen LogP contribution >= 0.6 is 0 Å². The van der Waals surface area contributed by atoms with E-state index in [1.165, 1.54) is 24.3 Å². The summed E-state index contributed by atoms with van der Waals surface area (Å²) in [6.07, 6.45) is 0.650. The number of carbonyl (C=O) groups excluding carboxylic acids is 4. The van der Waals surface area contributed by atoms with E-state index in [-0.39, 0.29) is 5.56 Å². The van der Waals surface area contributed by atoms with Gasteiger partial charge < -0.3 is 10.1 Å². The molecule has 0 saturated heterocycles. The summed E-state index contributed by atoms with van der Waals surface area (Å²) in [6.45, 7) is 3.16. The van der Waals surface area contributed by atoms with Crippen LogP contribution in [0.1, 0.15) is 31.8 Å². The highest BCUT2D eigenvalue weighted by atomic mass is 16.5. The van der Waals surface area contributed by atoms with Crippen molar-refractivity contribution in [2.45, 2.75) is 13.8 Å². The van der Waals surface area contributed by atoms with Crippen molar-refractivity contribution in [3.8, 4) is 0 Å². The predicted molar refractivity (Wildman–Crippen MR) is 95.2 cm³/mol. The summed E-state index contributed by atoms with van der Waals surface area (Å²) in [6, 6.07) is 10.4. The maximum absolute atomic E-state index is 11.9. The number of amides is 3. The van der Waals surface area contributed by atoms with Gasteiger partial charge in [-0.2, -0.15) is 0 Å². The second kappa shape index (κ2) is 8.57. The minimum absolute atomic E-state index is 0.197. The van der Waals surface area contributed by atoms with E-state index in [0.717, 1.165) is 11.1 Å². The Labute approximate surface area is 150 Å². The third-order valence-electron chi connectivity index (χ3n) is 3.72. The van der Waals surface area contributed by atoms with Crippen LogP contribution in [0.3, 0.4) is 0 Å². The Balaban J connectivity index is 1.83. The number of hydrogen-bond acceptors (Lipinski definition) is 5. The van der Waals surface area contributed by atoms with Gasteiger partial charge in [0.1, 0.15) is 6.29 Å². The molecule has 0 unspecified atom stereocenters. The SMILES string of the molecule is Cc1cccc(NC(=O)NC(=O)COC(=O)c2ccc(C=O)cc2)c1C. The van der Waals surface area contributed by atoms with E-state index < -0.39 is 24.5 Å². The number of anilines is 1. The minimum Gasteiger partial charge on any atom is -0.452 e. The Morgan fingerprint density at radius 2 is 1.73 bits per heavy atom. The molecule has 0 bridgehead atoms. The third kappa shape index (κ3) is 5.01. The van der Waals surface area contributed by atoms with Gasteiger partial charge in [-0.15, -0.1) is 0 Å². The molecule has 134 valence electrons. The lowest BCUT2D eigenvalue weighted by molar-refractivity contribution is -0.123. The molecule has 0 heterocycles. The van der Waals surface area contributed by atoms with Crippen LogP contribution in [0.4, 0.5) is 10.5 Å². The zero-order chi connectivity index (χ0) is 19.1. The van der Waals surface area contributed by atoms with Gasteiger partial charge in [-0.05, 0) is 43.2 Å². The number of nitrogens with one attached hydrogen (secondary N) is 2. The van der Waals surface area contributed by atoms with E-state index in [4.69, 9.17) is 4.74 Å². The van der Waals surface area contributed by atoms with E-state index in [1.54, 1.807) is 12.1 Å². The minimum atomic E-state index is -0.759. The first-order valence-electron chi connectivity index (χ1n) is 7.80. The van der Waals surface area contributed by atoms with Crippen molar-refractivity contribution in [1.29, 1.82) is 0 Å². The van der Waals surface area contributed by atoms with Gasteiger partial charge in [-0.1, -0.05) is 24.3 Å².